The summed E-state index contributed by atoms with van der Waals surface area (Å²) in [6.07, 6.45) is 3.90. The quantitative estimate of drug-likeness (QED) is 0.495. The third kappa shape index (κ3) is 4.05. The number of nitrogens with two attached hydrogens (primary N) is 1. The second kappa shape index (κ2) is 8.95. The Balaban J connectivity index is 1.52. The van der Waals surface area contributed by atoms with Crippen molar-refractivity contribution in [1.82, 2.24) is 24.0 Å². The lowest BCUT2D eigenvalue weighted by Crippen LogP contribution is -2.45. The van der Waals surface area contributed by atoms with Gasteiger partial charge in [0.15, 0.2) is 5.82 Å². The van der Waals surface area contributed by atoms with Crippen LogP contribution in [0.5, 0.6) is 5.75 Å². The number of ether oxygens (including phenoxy) is 1. The Morgan fingerprint density at radius 1 is 1.21 bits per heavy atom. The van der Waals surface area contributed by atoms with Crippen molar-refractivity contribution in [1.29, 1.82) is 0 Å². The molecule has 0 unspecified atom stereocenters. The van der Waals surface area contributed by atoms with E-state index in [1.807, 2.05) is 53.9 Å². The molecule has 4 aromatic rings. The van der Waals surface area contributed by atoms with Gasteiger partial charge in [0.25, 0.3) is 5.91 Å². The van der Waals surface area contributed by atoms with Crippen LogP contribution in [-0.2, 0) is 13.6 Å². The number of nitrogens with zero attached hydrogens (tertiary/aromatic N) is 5. The first kappa shape index (κ1) is 22.2. The molecule has 1 fully saturated rings. The van der Waals surface area contributed by atoms with Crippen LogP contribution in [-0.4, -0.2) is 56.2 Å². The standard InChI is InChI=1S/C26H30N6O2/c1-17-28-22(16-32(17)14-18-8-5-4-6-9-18)25-29-21-12-19(13-23(34-3)24(21)30(25)2)26(33)31-11-7-10-20(27)15-31/h4-6,8-9,12-13,16,20H,7,10-11,14-15,27H2,1-3H3/t20-/m1/s1. The van der Waals surface area contributed by atoms with Gasteiger partial charge in [-0.25, -0.2) is 9.97 Å². The third-order valence-electron chi connectivity index (χ3n) is 6.55. The van der Waals surface area contributed by atoms with Crippen molar-refractivity contribution in [2.75, 3.05) is 20.2 Å². The highest BCUT2D eigenvalue weighted by Crippen LogP contribution is 2.32. The summed E-state index contributed by atoms with van der Waals surface area (Å²) in [7, 11) is 3.56. The first-order valence-corrected chi connectivity index (χ1v) is 11.6. The van der Waals surface area contributed by atoms with Gasteiger partial charge in [0.2, 0.25) is 0 Å². The normalized spacial score (nSPS) is 16.2. The predicted molar refractivity (Wildman–Crippen MR) is 132 cm³/mol. The van der Waals surface area contributed by atoms with Crippen molar-refractivity contribution in [3.05, 3.63) is 65.6 Å². The maximum Gasteiger partial charge on any atom is 0.254 e. The lowest BCUT2D eigenvalue weighted by atomic mass is 10.0. The summed E-state index contributed by atoms with van der Waals surface area (Å²) < 4.78 is 9.78. The van der Waals surface area contributed by atoms with Gasteiger partial charge in [-0.15, -0.1) is 0 Å². The van der Waals surface area contributed by atoms with Gasteiger partial charge in [0.05, 0.1) is 12.6 Å². The van der Waals surface area contributed by atoms with E-state index < -0.39 is 0 Å². The van der Waals surface area contributed by atoms with Crippen molar-refractivity contribution < 1.29 is 9.53 Å². The second-order valence-electron chi connectivity index (χ2n) is 8.98. The average Bonchev–Trinajstić information content (AvgIpc) is 3.37. The summed E-state index contributed by atoms with van der Waals surface area (Å²) in [6, 6.07) is 14.0. The van der Waals surface area contributed by atoms with Gasteiger partial charge in [-0.05, 0) is 37.5 Å². The highest BCUT2D eigenvalue weighted by Gasteiger charge is 2.25. The number of carbonyl (C=O) groups is 1. The molecule has 2 N–H and O–H groups in total. The number of methoxy groups -OCH3 is 1. The number of fused-ring (bicyclic) bond motifs is 1. The Labute approximate surface area is 199 Å². The van der Waals surface area contributed by atoms with E-state index in [2.05, 4.69) is 16.7 Å². The van der Waals surface area contributed by atoms with E-state index in [1.54, 1.807) is 13.2 Å². The third-order valence-corrected chi connectivity index (χ3v) is 6.55. The first-order valence-electron chi connectivity index (χ1n) is 11.6. The molecule has 0 bridgehead atoms. The zero-order valence-electron chi connectivity index (χ0n) is 19.9. The number of benzene rings is 2. The summed E-state index contributed by atoms with van der Waals surface area (Å²) in [5.41, 5.74) is 10.2. The number of aryl methyl sites for hydroxylation is 2. The van der Waals surface area contributed by atoms with E-state index in [-0.39, 0.29) is 11.9 Å². The van der Waals surface area contributed by atoms with E-state index in [0.717, 1.165) is 48.8 Å². The molecular weight excluding hydrogens is 428 g/mol. The molecule has 2 aromatic heterocycles. The number of amides is 1. The van der Waals surface area contributed by atoms with Crippen LogP contribution in [0.2, 0.25) is 0 Å². The maximum atomic E-state index is 13.2. The Hall–Kier alpha value is -3.65. The molecule has 2 aromatic carbocycles. The van der Waals surface area contributed by atoms with Crippen LogP contribution in [0.15, 0.2) is 48.7 Å². The van der Waals surface area contributed by atoms with Crippen LogP contribution < -0.4 is 10.5 Å². The summed E-state index contributed by atoms with van der Waals surface area (Å²) in [6.45, 7) is 4.03. The van der Waals surface area contributed by atoms with Crippen molar-refractivity contribution >= 4 is 16.9 Å². The molecule has 1 atom stereocenters. The van der Waals surface area contributed by atoms with Crippen molar-refractivity contribution in [3.8, 4) is 17.3 Å². The van der Waals surface area contributed by atoms with Crippen LogP contribution in [0, 0.1) is 6.92 Å². The molecule has 0 saturated carbocycles. The molecule has 1 aliphatic heterocycles. The van der Waals surface area contributed by atoms with E-state index >= 15 is 0 Å². The summed E-state index contributed by atoms with van der Waals surface area (Å²) in [5, 5.41) is 0. The van der Waals surface area contributed by atoms with Crippen molar-refractivity contribution in [2.24, 2.45) is 12.8 Å². The van der Waals surface area contributed by atoms with Crippen molar-refractivity contribution in [2.45, 2.75) is 32.4 Å². The van der Waals surface area contributed by atoms with Gasteiger partial charge in [-0.1, -0.05) is 30.3 Å². The summed E-state index contributed by atoms with van der Waals surface area (Å²) >= 11 is 0. The van der Waals surface area contributed by atoms with E-state index in [4.69, 9.17) is 20.4 Å². The van der Waals surface area contributed by atoms with Crippen LogP contribution >= 0.6 is 0 Å². The Morgan fingerprint density at radius 2 is 2.00 bits per heavy atom. The monoisotopic (exact) mass is 458 g/mol. The lowest BCUT2D eigenvalue weighted by molar-refractivity contribution is 0.0708. The molecule has 1 aliphatic rings. The minimum Gasteiger partial charge on any atom is -0.494 e. The van der Waals surface area contributed by atoms with Crippen molar-refractivity contribution in [3.63, 3.8) is 0 Å². The number of hydrogen-bond acceptors (Lipinski definition) is 5. The fourth-order valence-electron chi connectivity index (χ4n) is 4.75. The number of rotatable bonds is 5. The van der Waals surface area contributed by atoms with Crippen LogP contribution in [0.25, 0.3) is 22.6 Å². The summed E-state index contributed by atoms with van der Waals surface area (Å²) in [5.74, 6) is 2.22. The summed E-state index contributed by atoms with van der Waals surface area (Å²) in [4.78, 5) is 24.7. The van der Waals surface area contributed by atoms with Gasteiger partial charge < -0.3 is 24.5 Å². The average molecular weight is 459 g/mol. The second-order valence-corrected chi connectivity index (χ2v) is 8.98. The number of carbonyl (C=O) groups excluding carboxylic acids is 1. The SMILES string of the molecule is COc1cc(C(=O)N2CCC[C@@H](N)C2)cc2nc(-c3cn(Cc4ccccc4)c(C)n3)n(C)c12. The zero-order valence-corrected chi connectivity index (χ0v) is 19.9. The largest absolute Gasteiger partial charge is 0.494 e. The zero-order chi connectivity index (χ0) is 23.8. The first-order chi connectivity index (χ1) is 16.4. The highest BCUT2D eigenvalue weighted by molar-refractivity contribution is 6.00. The number of likely N-dealkylation sites (tertiary alicyclic amines) is 1. The highest BCUT2D eigenvalue weighted by atomic mass is 16.5. The maximum absolute atomic E-state index is 13.2. The minimum absolute atomic E-state index is 0.0269. The van der Waals surface area contributed by atoms with Crippen LogP contribution in [0.3, 0.4) is 0 Å². The fraction of sp³-hybridized carbons (Fsp3) is 0.346. The molecule has 8 nitrogen and oxygen atoms in total. The molecular formula is C26H30N6O2. The molecule has 0 radical (unpaired) electrons. The van der Waals surface area contributed by atoms with Gasteiger partial charge in [-0.2, -0.15) is 0 Å². The Bertz CT molecular complexity index is 1340. The topological polar surface area (TPSA) is 91.2 Å². The Kier molecular flexibility index (Phi) is 5.83. The van der Waals surface area contributed by atoms with E-state index in [0.29, 0.717) is 23.4 Å². The molecule has 1 amide bonds. The van der Waals surface area contributed by atoms with Crippen LogP contribution in [0.1, 0.15) is 34.6 Å². The molecule has 3 heterocycles. The predicted octanol–water partition coefficient (Wildman–Crippen LogP) is 3.37. The minimum atomic E-state index is -0.0365. The molecule has 1 saturated heterocycles. The number of imidazole rings is 2. The van der Waals surface area contributed by atoms with E-state index in [1.165, 1.54) is 5.56 Å². The van der Waals surface area contributed by atoms with Gasteiger partial charge in [0.1, 0.15) is 22.8 Å². The number of hydrogen-bond donors (Lipinski definition) is 1. The number of aromatic nitrogens is 4. The molecule has 0 spiro atoms. The van der Waals surface area contributed by atoms with Crippen LogP contribution in [0.4, 0.5) is 0 Å². The van der Waals surface area contributed by atoms with E-state index in [9.17, 15) is 4.79 Å². The number of piperidine rings is 1. The molecule has 5 rings (SSSR count). The fourth-order valence-corrected chi connectivity index (χ4v) is 4.75. The lowest BCUT2D eigenvalue weighted by Gasteiger charge is -2.30. The molecule has 8 heteroatoms. The van der Waals surface area contributed by atoms with Gasteiger partial charge >= 0.3 is 0 Å². The Morgan fingerprint density at radius 3 is 2.74 bits per heavy atom. The smallest absolute Gasteiger partial charge is 0.254 e. The van der Waals surface area contributed by atoms with Gasteiger partial charge in [-0.3, -0.25) is 4.79 Å². The molecule has 176 valence electrons. The molecule has 0 aliphatic carbocycles. The van der Waals surface area contributed by atoms with Gasteiger partial charge in [0, 0.05) is 44.5 Å². The molecule has 34 heavy (non-hydrogen) atoms.